The van der Waals surface area contributed by atoms with Gasteiger partial charge in [-0.25, -0.2) is 13.2 Å². The number of anilines is 1. The third-order valence-electron chi connectivity index (χ3n) is 8.20. The summed E-state index contributed by atoms with van der Waals surface area (Å²) < 4.78 is 117. The number of carbonyl (C=O) groups excluding carboxylic acids is 2. The Morgan fingerprint density at radius 2 is 1.40 bits per heavy atom. The highest BCUT2D eigenvalue weighted by molar-refractivity contribution is 7.89. The van der Waals surface area contributed by atoms with E-state index in [1.165, 1.54) is 12.1 Å². The Morgan fingerprint density at radius 3 is 1.88 bits per heavy atom. The van der Waals surface area contributed by atoms with Crippen LogP contribution in [-0.4, -0.2) is 68.4 Å². The SMILES string of the molecule is COC(=O)N[C@H](C(=O)C[C@H](c1ccc([C@@H](CO)N(CCC(F)(F)F)S(=O)(=O)c2ccc(N)cc2)s1)C(F)(F)F)C(c1ccccc1)c1ccccc1. The molecule has 0 aliphatic heterocycles. The molecule has 0 aliphatic carbocycles. The maximum Gasteiger partial charge on any atom is 0.407 e. The predicted molar refractivity (Wildman–Crippen MR) is 182 cm³/mol. The van der Waals surface area contributed by atoms with E-state index in [1.54, 1.807) is 60.7 Å². The lowest BCUT2D eigenvalue weighted by Crippen LogP contribution is -2.46. The highest BCUT2D eigenvalue weighted by atomic mass is 32.2. The van der Waals surface area contributed by atoms with Crippen molar-refractivity contribution in [1.82, 2.24) is 9.62 Å². The summed E-state index contributed by atoms with van der Waals surface area (Å²) in [5.74, 6) is -4.44. The average molecular weight is 772 g/mol. The van der Waals surface area contributed by atoms with Crippen LogP contribution in [0.25, 0.3) is 0 Å². The van der Waals surface area contributed by atoms with Crippen LogP contribution >= 0.6 is 11.3 Å². The molecule has 0 radical (unpaired) electrons. The first-order valence-electron chi connectivity index (χ1n) is 15.6. The van der Waals surface area contributed by atoms with Crippen molar-refractivity contribution in [2.45, 2.75) is 54.0 Å². The summed E-state index contributed by atoms with van der Waals surface area (Å²) in [5, 5.41) is 12.7. The molecular formula is C35H35F6N3O6S2. The molecule has 17 heteroatoms. The number of aliphatic hydroxyl groups excluding tert-OH is 1. The second kappa shape index (κ2) is 16.9. The Kier molecular flexibility index (Phi) is 13.1. The zero-order valence-electron chi connectivity index (χ0n) is 27.5. The molecule has 52 heavy (non-hydrogen) atoms. The fourth-order valence-corrected chi connectivity index (χ4v) is 8.56. The molecule has 0 unspecified atom stereocenters. The fourth-order valence-electron chi connectivity index (χ4n) is 5.65. The number of benzene rings is 3. The van der Waals surface area contributed by atoms with Gasteiger partial charge in [-0.05, 0) is 47.5 Å². The van der Waals surface area contributed by atoms with Crippen LogP contribution in [0.1, 0.15) is 51.6 Å². The minimum atomic E-state index is -5.05. The van der Waals surface area contributed by atoms with E-state index in [0.29, 0.717) is 26.8 Å². The summed E-state index contributed by atoms with van der Waals surface area (Å²) in [6.45, 7) is -2.24. The molecule has 4 aromatic rings. The van der Waals surface area contributed by atoms with Crippen molar-refractivity contribution < 1.29 is 54.2 Å². The largest absolute Gasteiger partial charge is 0.453 e. The normalized spacial score (nSPS) is 14.2. The first kappa shape index (κ1) is 40.3. The van der Waals surface area contributed by atoms with Crippen molar-refractivity contribution in [3.63, 3.8) is 0 Å². The molecule has 4 N–H and O–H groups in total. The van der Waals surface area contributed by atoms with Gasteiger partial charge in [0.15, 0.2) is 5.78 Å². The van der Waals surface area contributed by atoms with E-state index in [-0.39, 0.29) is 10.6 Å². The molecule has 1 aromatic heterocycles. The molecule has 1 amide bonds. The second-order valence-corrected chi connectivity index (χ2v) is 14.7. The standard InChI is InChI=1S/C35H35F6N3O6S2/c1-50-33(47)43-32(31(22-8-4-2-5-9-22)23-10-6-3-7-11-23)28(46)20-26(35(39,40)41)29-16-17-30(51-29)27(21-45)44(19-18-34(36,37)38)52(48,49)25-14-12-24(42)13-15-25/h2-17,26-27,31-32,45H,18-21,42H2,1H3,(H,43,47)/t26-,27-,32-/m1/s1. The van der Waals surface area contributed by atoms with E-state index in [0.717, 1.165) is 31.4 Å². The number of alkyl carbamates (subject to hydrolysis) is 1. The molecule has 9 nitrogen and oxygen atoms in total. The number of rotatable bonds is 15. The summed E-state index contributed by atoms with van der Waals surface area (Å²) in [5.41, 5.74) is 6.81. The minimum Gasteiger partial charge on any atom is -0.453 e. The van der Waals surface area contributed by atoms with Gasteiger partial charge in [0.25, 0.3) is 0 Å². The first-order chi connectivity index (χ1) is 24.5. The minimum absolute atomic E-state index is 0.165. The number of carbonyl (C=O) groups is 2. The van der Waals surface area contributed by atoms with Crippen LogP contribution in [-0.2, 0) is 19.6 Å². The zero-order chi connectivity index (χ0) is 38.3. The number of methoxy groups -OCH3 is 1. The first-order valence-corrected chi connectivity index (χ1v) is 17.9. The number of hydrogen-bond acceptors (Lipinski definition) is 8. The highest BCUT2D eigenvalue weighted by Crippen LogP contribution is 2.44. The van der Waals surface area contributed by atoms with Crippen LogP contribution < -0.4 is 11.1 Å². The Morgan fingerprint density at radius 1 is 0.865 bits per heavy atom. The van der Waals surface area contributed by atoms with Gasteiger partial charge in [-0.15, -0.1) is 11.3 Å². The van der Waals surface area contributed by atoms with Gasteiger partial charge >= 0.3 is 18.4 Å². The van der Waals surface area contributed by atoms with Crippen molar-refractivity contribution >= 4 is 38.9 Å². The number of ketones is 1. The molecule has 0 bridgehead atoms. The maximum absolute atomic E-state index is 14.8. The number of sulfonamides is 1. The number of alkyl halides is 6. The van der Waals surface area contributed by atoms with E-state index in [2.05, 4.69) is 5.32 Å². The van der Waals surface area contributed by atoms with Crippen LogP contribution in [0.2, 0.25) is 0 Å². The van der Waals surface area contributed by atoms with Gasteiger partial charge in [0.2, 0.25) is 10.0 Å². The Labute approximate surface area is 300 Å². The van der Waals surface area contributed by atoms with Gasteiger partial charge in [0.05, 0.1) is 37.0 Å². The maximum atomic E-state index is 14.8. The van der Waals surface area contributed by atoms with Crippen molar-refractivity contribution in [2.24, 2.45) is 0 Å². The molecule has 4 rings (SSSR count). The number of nitrogens with two attached hydrogens (primary N) is 1. The van der Waals surface area contributed by atoms with Gasteiger partial charge in [0, 0.05) is 34.3 Å². The number of ether oxygens (including phenoxy) is 1. The lowest BCUT2D eigenvalue weighted by molar-refractivity contribution is -0.156. The monoisotopic (exact) mass is 771 g/mol. The lowest BCUT2D eigenvalue weighted by Gasteiger charge is -2.30. The van der Waals surface area contributed by atoms with Gasteiger partial charge in [-0.3, -0.25) is 4.79 Å². The molecule has 0 fully saturated rings. The van der Waals surface area contributed by atoms with E-state index < -0.39 is 93.9 Å². The molecule has 3 atom stereocenters. The Bertz CT molecular complexity index is 1850. The summed E-state index contributed by atoms with van der Waals surface area (Å²) in [7, 11) is -3.72. The molecule has 1 heterocycles. The van der Waals surface area contributed by atoms with Crippen molar-refractivity contribution in [2.75, 3.05) is 26.0 Å². The number of amides is 1. The predicted octanol–water partition coefficient (Wildman–Crippen LogP) is 7.17. The summed E-state index contributed by atoms with van der Waals surface area (Å²) in [6.07, 6.45) is -13.7. The molecule has 3 aromatic carbocycles. The van der Waals surface area contributed by atoms with E-state index in [1.807, 2.05) is 0 Å². The number of aliphatic hydroxyl groups is 1. The number of nitrogens with zero attached hydrogens (tertiary/aromatic N) is 1. The zero-order valence-corrected chi connectivity index (χ0v) is 29.1. The quantitative estimate of drug-likeness (QED) is 0.0861. The number of nitrogens with one attached hydrogen (secondary N) is 1. The fraction of sp³-hybridized carbons (Fsp3) is 0.314. The van der Waals surface area contributed by atoms with Gasteiger partial charge in [-0.1, -0.05) is 60.7 Å². The molecule has 0 saturated carbocycles. The Hall–Kier alpha value is -4.45. The van der Waals surface area contributed by atoms with E-state index in [9.17, 15) is 49.5 Å². The summed E-state index contributed by atoms with van der Waals surface area (Å²) in [4.78, 5) is 25.4. The van der Waals surface area contributed by atoms with E-state index in [4.69, 9.17) is 10.5 Å². The number of thiophene rings is 1. The van der Waals surface area contributed by atoms with Crippen LogP contribution in [0.3, 0.4) is 0 Å². The number of Topliss-reactive ketones (excluding diaryl/α,β-unsaturated/α-hetero) is 1. The smallest absolute Gasteiger partial charge is 0.407 e. The number of halogens is 6. The van der Waals surface area contributed by atoms with Crippen LogP contribution in [0, 0.1) is 0 Å². The third kappa shape index (κ3) is 10.1. The molecule has 280 valence electrons. The molecule has 0 spiro atoms. The van der Waals surface area contributed by atoms with Gasteiger partial charge in [-0.2, -0.15) is 30.6 Å². The van der Waals surface area contributed by atoms with E-state index >= 15 is 0 Å². The van der Waals surface area contributed by atoms with Crippen molar-refractivity contribution in [3.8, 4) is 0 Å². The molecule has 0 aliphatic rings. The van der Waals surface area contributed by atoms with Crippen molar-refractivity contribution in [3.05, 3.63) is 118 Å². The van der Waals surface area contributed by atoms with Crippen LogP contribution in [0.4, 0.5) is 36.8 Å². The summed E-state index contributed by atoms with van der Waals surface area (Å²) in [6, 6.07) is 20.0. The topological polar surface area (TPSA) is 139 Å². The van der Waals surface area contributed by atoms with Gasteiger partial charge < -0.3 is 20.9 Å². The Balaban J connectivity index is 1.74. The van der Waals surface area contributed by atoms with Crippen molar-refractivity contribution in [1.29, 1.82) is 0 Å². The number of hydrogen-bond donors (Lipinski definition) is 3. The third-order valence-corrected chi connectivity index (χ3v) is 11.4. The second-order valence-electron chi connectivity index (χ2n) is 11.7. The number of nitrogen functional groups attached to an aromatic ring is 1. The molecule has 0 saturated heterocycles. The summed E-state index contributed by atoms with van der Waals surface area (Å²) >= 11 is 0.398. The highest BCUT2D eigenvalue weighted by Gasteiger charge is 2.46. The average Bonchev–Trinajstić information content (AvgIpc) is 3.57. The van der Waals surface area contributed by atoms with Crippen LogP contribution in [0.15, 0.2) is 102 Å². The molecular weight excluding hydrogens is 737 g/mol. The van der Waals surface area contributed by atoms with Crippen LogP contribution in [0.5, 0.6) is 0 Å². The van der Waals surface area contributed by atoms with Gasteiger partial charge in [0.1, 0.15) is 6.04 Å². The lowest BCUT2D eigenvalue weighted by atomic mass is 9.81.